The molecule has 0 aliphatic heterocycles. The lowest BCUT2D eigenvalue weighted by Gasteiger charge is -2.02. The van der Waals surface area contributed by atoms with Gasteiger partial charge in [-0.1, -0.05) is 29.8 Å². The first-order valence-electron chi connectivity index (χ1n) is 5.74. The number of rotatable bonds is 1. The molecule has 0 saturated carbocycles. The molecule has 0 bridgehead atoms. The molecule has 18 heavy (non-hydrogen) atoms. The number of hydrogen-bond donors (Lipinski definition) is 0. The molecule has 0 fully saturated rings. The minimum atomic E-state index is 0.857. The summed E-state index contributed by atoms with van der Waals surface area (Å²) in [6.07, 6.45) is 0. The Morgan fingerprint density at radius 1 is 1.00 bits per heavy atom. The summed E-state index contributed by atoms with van der Waals surface area (Å²) in [5.74, 6) is 0. The highest BCUT2D eigenvalue weighted by Crippen LogP contribution is 2.21. The van der Waals surface area contributed by atoms with Crippen LogP contribution in [0.4, 0.5) is 0 Å². The molecule has 90 valence electrons. The van der Waals surface area contributed by atoms with Crippen LogP contribution in [0.25, 0.3) is 16.9 Å². The van der Waals surface area contributed by atoms with E-state index in [-0.39, 0.29) is 0 Å². The van der Waals surface area contributed by atoms with Crippen molar-refractivity contribution in [1.82, 2.24) is 14.6 Å². The van der Waals surface area contributed by atoms with Gasteiger partial charge >= 0.3 is 0 Å². The molecule has 4 heteroatoms. The average molecular weight is 302 g/mol. The molecule has 0 N–H and O–H groups in total. The maximum Gasteiger partial charge on any atom is 0.155 e. The van der Waals surface area contributed by atoms with E-state index in [1.165, 1.54) is 5.56 Å². The first kappa shape index (κ1) is 11.4. The predicted molar refractivity (Wildman–Crippen MR) is 75.6 cm³/mol. The van der Waals surface area contributed by atoms with Crippen molar-refractivity contribution >= 4 is 21.6 Å². The summed E-state index contributed by atoms with van der Waals surface area (Å²) in [5, 5.41) is 4.60. The molecule has 3 rings (SSSR count). The van der Waals surface area contributed by atoms with Crippen LogP contribution in [0.3, 0.4) is 0 Å². The SMILES string of the molecule is Cc1ccc(-c2ccc3nc(C)c(Br)n3n2)cc1. The Morgan fingerprint density at radius 2 is 1.72 bits per heavy atom. The van der Waals surface area contributed by atoms with Crippen LogP contribution in [0, 0.1) is 13.8 Å². The third-order valence-electron chi connectivity index (χ3n) is 2.93. The molecule has 1 aromatic carbocycles. The summed E-state index contributed by atoms with van der Waals surface area (Å²) in [6, 6.07) is 12.3. The number of benzene rings is 1. The number of nitrogens with zero attached hydrogens (tertiary/aromatic N) is 3. The van der Waals surface area contributed by atoms with E-state index in [4.69, 9.17) is 0 Å². The van der Waals surface area contributed by atoms with Crippen LogP contribution < -0.4 is 0 Å². The number of fused-ring (bicyclic) bond motifs is 1. The van der Waals surface area contributed by atoms with Crippen LogP contribution in [0.2, 0.25) is 0 Å². The Hall–Kier alpha value is -1.68. The van der Waals surface area contributed by atoms with Crippen molar-refractivity contribution in [3.05, 3.63) is 52.3 Å². The van der Waals surface area contributed by atoms with Gasteiger partial charge in [0.2, 0.25) is 0 Å². The zero-order valence-corrected chi connectivity index (χ0v) is 11.8. The lowest BCUT2D eigenvalue weighted by molar-refractivity contribution is 0.919. The summed E-state index contributed by atoms with van der Waals surface area (Å²) < 4.78 is 2.73. The molecule has 0 amide bonds. The van der Waals surface area contributed by atoms with E-state index in [1.54, 1.807) is 0 Å². The van der Waals surface area contributed by atoms with Gasteiger partial charge in [-0.15, -0.1) is 0 Å². The molecule has 3 aromatic rings. The van der Waals surface area contributed by atoms with Crippen molar-refractivity contribution in [2.75, 3.05) is 0 Å². The highest BCUT2D eigenvalue weighted by Gasteiger charge is 2.08. The minimum Gasteiger partial charge on any atom is -0.231 e. The first-order valence-corrected chi connectivity index (χ1v) is 6.53. The lowest BCUT2D eigenvalue weighted by atomic mass is 10.1. The van der Waals surface area contributed by atoms with E-state index in [9.17, 15) is 0 Å². The zero-order chi connectivity index (χ0) is 12.7. The summed E-state index contributed by atoms with van der Waals surface area (Å²) in [7, 11) is 0. The molecule has 0 aliphatic carbocycles. The zero-order valence-electron chi connectivity index (χ0n) is 10.2. The summed E-state index contributed by atoms with van der Waals surface area (Å²) >= 11 is 3.51. The Kier molecular flexibility index (Phi) is 2.67. The van der Waals surface area contributed by atoms with Crippen LogP contribution in [-0.2, 0) is 0 Å². The van der Waals surface area contributed by atoms with Crippen molar-refractivity contribution in [2.24, 2.45) is 0 Å². The highest BCUT2D eigenvalue weighted by atomic mass is 79.9. The Labute approximate surface area is 114 Å². The fourth-order valence-electron chi connectivity index (χ4n) is 1.89. The van der Waals surface area contributed by atoms with Crippen molar-refractivity contribution in [3.8, 4) is 11.3 Å². The second-order valence-corrected chi connectivity index (χ2v) is 5.09. The number of halogens is 1. The van der Waals surface area contributed by atoms with Gasteiger partial charge in [-0.05, 0) is 41.9 Å². The molecule has 0 spiro atoms. The third kappa shape index (κ3) is 1.82. The smallest absolute Gasteiger partial charge is 0.155 e. The molecule has 3 nitrogen and oxygen atoms in total. The van der Waals surface area contributed by atoms with Gasteiger partial charge in [-0.3, -0.25) is 0 Å². The second-order valence-electron chi connectivity index (χ2n) is 4.34. The topological polar surface area (TPSA) is 30.2 Å². The maximum absolute atomic E-state index is 4.60. The largest absolute Gasteiger partial charge is 0.231 e. The average Bonchev–Trinajstić information content (AvgIpc) is 2.66. The number of imidazole rings is 1. The molecule has 0 saturated heterocycles. The Morgan fingerprint density at radius 3 is 2.44 bits per heavy atom. The summed E-state index contributed by atoms with van der Waals surface area (Å²) in [5.41, 5.74) is 5.11. The van der Waals surface area contributed by atoms with Crippen LogP contribution >= 0.6 is 15.9 Å². The summed E-state index contributed by atoms with van der Waals surface area (Å²) in [4.78, 5) is 4.42. The van der Waals surface area contributed by atoms with Crippen LogP contribution in [0.1, 0.15) is 11.3 Å². The van der Waals surface area contributed by atoms with E-state index in [2.05, 4.69) is 57.2 Å². The highest BCUT2D eigenvalue weighted by molar-refractivity contribution is 9.10. The molecule has 2 heterocycles. The molecule has 0 aliphatic rings. The molecule has 0 atom stereocenters. The Bertz CT molecular complexity index is 714. The van der Waals surface area contributed by atoms with Gasteiger partial charge < -0.3 is 0 Å². The van der Waals surface area contributed by atoms with E-state index in [1.807, 2.05) is 23.6 Å². The fraction of sp³-hybridized carbons (Fsp3) is 0.143. The van der Waals surface area contributed by atoms with Gasteiger partial charge in [0, 0.05) is 5.56 Å². The van der Waals surface area contributed by atoms with Crippen molar-refractivity contribution in [1.29, 1.82) is 0 Å². The van der Waals surface area contributed by atoms with Crippen molar-refractivity contribution in [3.63, 3.8) is 0 Å². The maximum atomic E-state index is 4.60. The molecular weight excluding hydrogens is 290 g/mol. The van der Waals surface area contributed by atoms with Crippen LogP contribution in [0.15, 0.2) is 41.0 Å². The van der Waals surface area contributed by atoms with Gasteiger partial charge in [0.15, 0.2) is 5.65 Å². The standard InChI is InChI=1S/C14H12BrN3/c1-9-3-5-11(6-4-9)12-7-8-13-16-10(2)14(15)18(13)17-12/h3-8H,1-2H3. The van der Waals surface area contributed by atoms with Crippen LogP contribution in [0.5, 0.6) is 0 Å². The van der Waals surface area contributed by atoms with Gasteiger partial charge in [0.1, 0.15) is 4.60 Å². The van der Waals surface area contributed by atoms with Gasteiger partial charge in [-0.2, -0.15) is 5.10 Å². The molecule has 2 aromatic heterocycles. The fourth-order valence-corrected chi connectivity index (χ4v) is 2.24. The number of aromatic nitrogens is 3. The number of hydrogen-bond acceptors (Lipinski definition) is 2. The summed E-state index contributed by atoms with van der Waals surface area (Å²) in [6.45, 7) is 4.04. The van der Waals surface area contributed by atoms with Crippen LogP contribution in [-0.4, -0.2) is 14.6 Å². The van der Waals surface area contributed by atoms with Gasteiger partial charge in [-0.25, -0.2) is 9.50 Å². The molecular formula is C14H12BrN3. The van der Waals surface area contributed by atoms with E-state index in [0.29, 0.717) is 0 Å². The first-order chi connectivity index (χ1) is 8.65. The van der Waals surface area contributed by atoms with Gasteiger partial charge in [0.05, 0.1) is 11.4 Å². The van der Waals surface area contributed by atoms with Gasteiger partial charge in [0.25, 0.3) is 0 Å². The van der Waals surface area contributed by atoms with Crippen molar-refractivity contribution in [2.45, 2.75) is 13.8 Å². The Balaban J connectivity index is 2.18. The van der Waals surface area contributed by atoms with E-state index >= 15 is 0 Å². The lowest BCUT2D eigenvalue weighted by Crippen LogP contribution is -1.94. The minimum absolute atomic E-state index is 0.857. The molecule has 0 unspecified atom stereocenters. The number of aryl methyl sites for hydroxylation is 2. The second kappa shape index (κ2) is 4.21. The van der Waals surface area contributed by atoms with E-state index < -0.39 is 0 Å². The predicted octanol–water partition coefficient (Wildman–Crippen LogP) is 3.78. The quantitative estimate of drug-likeness (QED) is 0.685. The normalized spacial score (nSPS) is 11.1. The molecule has 0 radical (unpaired) electrons. The monoisotopic (exact) mass is 301 g/mol. The van der Waals surface area contributed by atoms with Crippen molar-refractivity contribution < 1.29 is 0 Å². The van der Waals surface area contributed by atoms with E-state index in [0.717, 1.165) is 27.2 Å². The third-order valence-corrected chi connectivity index (χ3v) is 3.84.